The number of methoxy groups -OCH3 is 1. The lowest BCUT2D eigenvalue weighted by atomic mass is 9.72. The molecule has 1 heterocycles. The minimum Gasteiger partial charge on any atom is -0.378 e. The number of piperidine rings is 1. The summed E-state index contributed by atoms with van der Waals surface area (Å²) < 4.78 is 45.3. The second-order valence-electron chi connectivity index (χ2n) is 8.85. The molecule has 178 valence electrons. The first-order chi connectivity index (χ1) is 15.8. The van der Waals surface area contributed by atoms with Crippen LogP contribution in [0.2, 0.25) is 0 Å². The molecule has 0 bridgehead atoms. The fourth-order valence-electron chi connectivity index (χ4n) is 5.49. The number of amides is 1. The van der Waals surface area contributed by atoms with Gasteiger partial charge in [0.25, 0.3) is 0 Å². The summed E-state index contributed by atoms with van der Waals surface area (Å²) in [6.45, 7) is 1.97. The number of carbonyl (C=O) groups excluding carboxylic acids is 1. The van der Waals surface area contributed by atoms with E-state index in [1.165, 1.54) is 29.5 Å². The minimum atomic E-state index is -4.34. The minimum absolute atomic E-state index is 0.0108. The second kappa shape index (κ2) is 9.68. The summed E-state index contributed by atoms with van der Waals surface area (Å²) in [6, 6.07) is 13.6. The molecule has 1 aliphatic carbocycles. The van der Waals surface area contributed by atoms with Gasteiger partial charge in [0, 0.05) is 19.1 Å². The number of likely N-dealkylation sites (tertiary alicyclic amines) is 1. The SMILES string of the molecule is CO[C@@H]1[C@@H](NC(=O)CSC)c2ccccc2C12CCN(Cc1cccc(C(F)(F)F)c1)CC2. The highest BCUT2D eigenvalue weighted by molar-refractivity contribution is 7.99. The van der Waals surface area contributed by atoms with E-state index in [-0.39, 0.29) is 23.5 Å². The number of nitrogens with one attached hydrogen (secondary N) is 1. The van der Waals surface area contributed by atoms with Crippen molar-refractivity contribution in [2.45, 2.75) is 43.1 Å². The maximum absolute atomic E-state index is 13.1. The molecule has 8 heteroatoms. The van der Waals surface area contributed by atoms with E-state index in [4.69, 9.17) is 4.74 Å². The fraction of sp³-hybridized carbons (Fsp3) is 0.480. The third-order valence-electron chi connectivity index (χ3n) is 6.93. The molecule has 0 unspecified atom stereocenters. The van der Waals surface area contributed by atoms with Crippen LogP contribution in [0.1, 0.15) is 41.1 Å². The first-order valence-electron chi connectivity index (χ1n) is 11.1. The molecule has 0 radical (unpaired) electrons. The average Bonchev–Trinajstić information content (AvgIpc) is 3.04. The number of benzene rings is 2. The monoisotopic (exact) mass is 478 g/mol. The van der Waals surface area contributed by atoms with Gasteiger partial charge in [0.2, 0.25) is 5.91 Å². The predicted octanol–water partition coefficient (Wildman–Crippen LogP) is 4.79. The van der Waals surface area contributed by atoms with Crippen molar-refractivity contribution in [1.82, 2.24) is 10.2 Å². The van der Waals surface area contributed by atoms with Crippen LogP contribution in [0, 0.1) is 0 Å². The molecule has 0 aromatic heterocycles. The lowest BCUT2D eigenvalue weighted by Gasteiger charge is -2.44. The van der Waals surface area contributed by atoms with Crippen molar-refractivity contribution in [1.29, 1.82) is 0 Å². The molecule has 2 aromatic carbocycles. The van der Waals surface area contributed by atoms with E-state index in [1.54, 1.807) is 13.2 Å². The quantitative estimate of drug-likeness (QED) is 0.649. The Balaban J connectivity index is 1.52. The third-order valence-corrected chi connectivity index (χ3v) is 7.49. The summed E-state index contributed by atoms with van der Waals surface area (Å²) in [7, 11) is 1.70. The van der Waals surface area contributed by atoms with E-state index in [9.17, 15) is 18.0 Å². The van der Waals surface area contributed by atoms with Crippen LogP contribution in [0.25, 0.3) is 0 Å². The van der Waals surface area contributed by atoms with Gasteiger partial charge in [0.05, 0.1) is 23.5 Å². The van der Waals surface area contributed by atoms with Crippen molar-refractivity contribution >= 4 is 17.7 Å². The molecule has 0 saturated carbocycles. The molecule has 4 rings (SSSR count). The average molecular weight is 479 g/mol. The highest BCUT2D eigenvalue weighted by atomic mass is 32.2. The lowest BCUT2D eigenvalue weighted by Crippen LogP contribution is -2.50. The molecule has 1 N–H and O–H groups in total. The van der Waals surface area contributed by atoms with Crippen molar-refractivity contribution in [2.75, 3.05) is 32.2 Å². The standard InChI is InChI=1S/C25H29F3N2O2S/c1-32-23-22(29-21(31)16-33-2)19-8-3-4-9-20(19)24(23)10-12-30(13-11-24)15-17-6-5-7-18(14-17)25(26,27)28/h3-9,14,22-23H,10-13,15-16H2,1-2H3,(H,29,31)/t22-,23+/m0/s1. The zero-order valence-corrected chi connectivity index (χ0v) is 19.6. The summed E-state index contributed by atoms with van der Waals surface area (Å²) in [4.78, 5) is 14.6. The summed E-state index contributed by atoms with van der Waals surface area (Å²) >= 11 is 1.48. The molecular weight excluding hydrogens is 449 g/mol. The maximum atomic E-state index is 13.1. The van der Waals surface area contributed by atoms with Gasteiger partial charge in [-0.3, -0.25) is 9.69 Å². The molecule has 33 heavy (non-hydrogen) atoms. The summed E-state index contributed by atoms with van der Waals surface area (Å²) in [6.07, 6.45) is -0.988. The lowest BCUT2D eigenvalue weighted by molar-refractivity contribution is -0.137. The summed E-state index contributed by atoms with van der Waals surface area (Å²) in [5, 5.41) is 3.18. The largest absolute Gasteiger partial charge is 0.416 e. The number of rotatable bonds is 6. The van der Waals surface area contributed by atoms with Gasteiger partial charge in [0.15, 0.2) is 0 Å². The fourth-order valence-corrected chi connectivity index (χ4v) is 5.83. The van der Waals surface area contributed by atoms with Crippen molar-refractivity contribution in [2.24, 2.45) is 0 Å². The van der Waals surface area contributed by atoms with Crippen molar-refractivity contribution in [3.63, 3.8) is 0 Å². The molecule has 2 atom stereocenters. The van der Waals surface area contributed by atoms with Gasteiger partial charge in [-0.2, -0.15) is 24.9 Å². The third kappa shape index (κ3) is 4.79. The number of halogens is 3. The Bertz CT molecular complexity index is 990. The number of carbonyl (C=O) groups is 1. The van der Waals surface area contributed by atoms with E-state index >= 15 is 0 Å². The Kier molecular flexibility index (Phi) is 7.07. The highest BCUT2D eigenvalue weighted by Crippen LogP contribution is 2.52. The molecule has 2 aromatic rings. The molecule has 1 aliphatic heterocycles. The second-order valence-corrected chi connectivity index (χ2v) is 9.72. The number of ether oxygens (including phenoxy) is 1. The first-order valence-corrected chi connectivity index (χ1v) is 12.5. The summed E-state index contributed by atoms with van der Waals surface area (Å²) in [5.41, 5.74) is 2.14. The number of hydrogen-bond acceptors (Lipinski definition) is 4. The Morgan fingerprint density at radius 1 is 1.18 bits per heavy atom. The van der Waals surface area contributed by atoms with Gasteiger partial charge in [0.1, 0.15) is 0 Å². The Morgan fingerprint density at radius 3 is 2.58 bits per heavy atom. The molecule has 1 saturated heterocycles. The van der Waals surface area contributed by atoms with E-state index in [2.05, 4.69) is 22.3 Å². The van der Waals surface area contributed by atoms with Gasteiger partial charge in [-0.25, -0.2) is 0 Å². The van der Waals surface area contributed by atoms with Crippen LogP contribution in [-0.2, 0) is 27.7 Å². The van der Waals surface area contributed by atoms with Crippen LogP contribution in [0.3, 0.4) is 0 Å². The van der Waals surface area contributed by atoms with Crippen LogP contribution in [0.4, 0.5) is 13.2 Å². The van der Waals surface area contributed by atoms with E-state index in [0.29, 0.717) is 17.9 Å². The van der Waals surface area contributed by atoms with Crippen LogP contribution >= 0.6 is 11.8 Å². The van der Waals surface area contributed by atoms with E-state index < -0.39 is 11.7 Å². The normalized spacial score (nSPS) is 22.3. The first kappa shape index (κ1) is 24.1. The van der Waals surface area contributed by atoms with Crippen LogP contribution < -0.4 is 5.32 Å². The predicted molar refractivity (Wildman–Crippen MR) is 124 cm³/mol. The molecule has 2 aliphatic rings. The molecule has 4 nitrogen and oxygen atoms in total. The van der Waals surface area contributed by atoms with Crippen LogP contribution in [0.5, 0.6) is 0 Å². The van der Waals surface area contributed by atoms with Gasteiger partial charge >= 0.3 is 6.18 Å². The number of thioether (sulfide) groups is 1. The maximum Gasteiger partial charge on any atom is 0.416 e. The Labute approximate surface area is 196 Å². The smallest absolute Gasteiger partial charge is 0.378 e. The van der Waals surface area contributed by atoms with Crippen LogP contribution in [0.15, 0.2) is 48.5 Å². The van der Waals surface area contributed by atoms with Gasteiger partial charge in [-0.05, 0) is 54.9 Å². The topological polar surface area (TPSA) is 41.6 Å². The Morgan fingerprint density at radius 2 is 1.91 bits per heavy atom. The highest BCUT2D eigenvalue weighted by Gasteiger charge is 2.53. The van der Waals surface area contributed by atoms with E-state index in [1.807, 2.05) is 18.4 Å². The van der Waals surface area contributed by atoms with E-state index in [0.717, 1.165) is 37.6 Å². The molecule has 1 amide bonds. The Hall–Kier alpha value is -2.03. The van der Waals surface area contributed by atoms with Gasteiger partial charge in [-0.15, -0.1) is 0 Å². The van der Waals surface area contributed by atoms with Crippen LogP contribution in [-0.4, -0.2) is 49.1 Å². The number of nitrogens with zero attached hydrogens (tertiary/aromatic N) is 1. The van der Waals surface area contributed by atoms with Crippen molar-refractivity contribution in [3.8, 4) is 0 Å². The van der Waals surface area contributed by atoms with Gasteiger partial charge in [-0.1, -0.05) is 42.5 Å². The number of fused-ring (bicyclic) bond motifs is 2. The van der Waals surface area contributed by atoms with Crippen molar-refractivity contribution in [3.05, 3.63) is 70.8 Å². The zero-order chi connectivity index (χ0) is 23.6. The summed E-state index contributed by atoms with van der Waals surface area (Å²) in [5.74, 6) is 0.385. The zero-order valence-electron chi connectivity index (χ0n) is 18.8. The van der Waals surface area contributed by atoms with Crippen molar-refractivity contribution < 1.29 is 22.7 Å². The van der Waals surface area contributed by atoms with Gasteiger partial charge < -0.3 is 10.1 Å². The molecule has 1 fully saturated rings. The molecule has 1 spiro atoms. The number of hydrogen-bond donors (Lipinski definition) is 1. The molecular formula is C25H29F3N2O2S. The number of alkyl halides is 3.